The van der Waals surface area contributed by atoms with E-state index in [1.165, 1.54) is 0 Å². The van der Waals surface area contributed by atoms with Crippen molar-refractivity contribution in [3.8, 4) is 28.7 Å². The number of aromatic nitrogens is 1. The second-order valence-electron chi connectivity index (χ2n) is 6.68. The average molecular weight is 403 g/mol. The summed E-state index contributed by atoms with van der Waals surface area (Å²) in [4.78, 5) is 16.8. The largest absolute Gasteiger partial charge is 0.493 e. The molecule has 0 saturated carbocycles. The lowest BCUT2D eigenvalue weighted by molar-refractivity contribution is -0.134. The minimum atomic E-state index is -0.327. The van der Waals surface area contributed by atoms with Gasteiger partial charge in [-0.05, 0) is 48.4 Å². The molecule has 0 N–H and O–H groups in total. The first kappa shape index (κ1) is 19.5. The zero-order chi connectivity index (χ0) is 20.9. The number of aryl methyl sites for hydroxylation is 1. The molecule has 0 aliphatic heterocycles. The summed E-state index contributed by atoms with van der Waals surface area (Å²) in [6, 6.07) is 20.4. The molecule has 0 spiro atoms. The normalized spacial score (nSPS) is 10.7. The van der Waals surface area contributed by atoms with E-state index in [9.17, 15) is 4.79 Å². The summed E-state index contributed by atoms with van der Waals surface area (Å²) in [5.41, 5.74) is 3.13. The third-order valence-corrected chi connectivity index (χ3v) is 4.68. The highest BCUT2D eigenvalue weighted by atomic mass is 16.5. The van der Waals surface area contributed by atoms with Gasteiger partial charge in [-0.3, -0.25) is 4.79 Å². The average Bonchev–Trinajstić information content (AvgIpc) is 3.21. The molecule has 1 heterocycles. The molecule has 0 unspecified atom stereocenters. The van der Waals surface area contributed by atoms with E-state index in [0.29, 0.717) is 40.7 Å². The number of oxazole rings is 1. The van der Waals surface area contributed by atoms with Crippen molar-refractivity contribution in [3.63, 3.8) is 0 Å². The molecule has 0 amide bonds. The summed E-state index contributed by atoms with van der Waals surface area (Å²) in [6.07, 6.45) is 0.765. The van der Waals surface area contributed by atoms with E-state index in [0.717, 1.165) is 11.1 Å². The molecule has 0 fully saturated rings. The molecule has 152 valence electrons. The van der Waals surface area contributed by atoms with Crippen LogP contribution in [-0.4, -0.2) is 25.2 Å². The van der Waals surface area contributed by atoms with Crippen LogP contribution in [0, 0.1) is 0 Å². The van der Waals surface area contributed by atoms with Gasteiger partial charge in [0.25, 0.3) is 0 Å². The molecule has 1 aromatic heterocycles. The number of hydrogen-bond acceptors (Lipinski definition) is 6. The third kappa shape index (κ3) is 4.27. The Morgan fingerprint density at radius 2 is 1.73 bits per heavy atom. The molecular formula is C24H21NO5. The number of esters is 1. The number of ether oxygens (including phenoxy) is 3. The lowest BCUT2D eigenvalue weighted by Crippen LogP contribution is -2.09. The summed E-state index contributed by atoms with van der Waals surface area (Å²) >= 11 is 0. The maximum Gasteiger partial charge on any atom is 0.311 e. The first-order valence-electron chi connectivity index (χ1n) is 9.54. The number of fused-ring (bicyclic) bond motifs is 1. The lowest BCUT2D eigenvalue weighted by atomic mass is 10.1. The Labute approximate surface area is 174 Å². The Morgan fingerprint density at radius 3 is 2.50 bits per heavy atom. The van der Waals surface area contributed by atoms with Crippen LogP contribution in [0.4, 0.5) is 0 Å². The summed E-state index contributed by atoms with van der Waals surface area (Å²) in [5.74, 6) is 1.91. The van der Waals surface area contributed by atoms with Crippen LogP contribution in [0.25, 0.3) is 22.6 Å². The number of rotatable bonds is 7. The number of benzene rings is 3. The summed E-state index contributed by atoms with van der Waals surface area (Å²) < 4.78 is 21.8. The maximum atomic E-state index is 12.3. The standard InChI is InChI=1S/C24H21NO5/c1-27-20-12-8-16(14-22(20)28-2)9-13-23(26)29-18-10-11-19-21(15-18)30-24(25-19)17-6-4-3-5-7-17/h3-8,10-12,14-15H,9,13H2,1-2H3. The van der Waals surface area contributed by atoms with Crippen LogP contribution in [0.2, 0.25) is 0 Å². The molecular weight excluding hydrogens is 382 g/mol. The first-order valence-corrected chi connectivity index (χ1v) is 9.54. The Bertz CT molecular complexity index is 1170. The maximum absolute atomic E-state index is 12.3. The van der Waals surface area contributed by atoms with Gasteiger partial charge in [-0.2, -0.15) is 0 Å². The number of carbonyl (C=O) groups excluding carboxylic acids is 1. The zero-order valence-electron chi connectivity index (χ0n) is 16.8. The van der Waals surface area contributed by atoms with Crippen LogP contribution in [0.1, 0.15) is 12.0 Å². The highest BCUT2D eigenvalue weighted by molar-refractivity contribution is 5.79. The molecule has 6 nitrogen and oxygen atoms in total. The van der Waals surface area contributed by atoms with Gasteiger partial charge >= 0.3 is 5.97 Å². The van der Waals surface area contributed by atoms with Gasteiger partial charge in [-0.15, -0.1) is 0 Å². The predicted molar refractivity (Wildman–Crippen MR) is 113 cm³/mol. The summed E-state index contributed by atoms with van der Waals surface area (Å²) in [6.45, 7) is 0. The van der Waals surface area contributed by atoms with Gasteiger partial charge in [0.15, 0.2) is 17.1 Å². The van der Waals surface area contributed by atoms with Gasteiger partial charge in [0.2, 0.25) is 5.89 Å². The van der Waals surface area contributed by atoms with Crippen LogP contribution in [0.3, 0.4) is 0 Å². The van der Waals surface area contributed by atoms with Crippen LogP contribution in [-0.2, 0) is 11.2 Å². The van der Waals surface area contributed by atoms with Crippen molar-refractivity contribution < 1.29 is 23.4 Å². The van der Waals surface area contributed by atoms with Gasteiger partial charge in [0.05, 0.1) is 14.2 Å². The van der Waals surface area contributed by atoms with Gasteiger partial charge < -0.3 is 18.6 Å². The van der Waals surface area contributed by atoms with Crippen molar-refractivity contribution in [3.05, 3.63) is 72.3 Å². The fraction of sp³-hybridized carbons (Fsp3) is 0.167. The quantitative estimate of drug-likeness (QED) is 0.318. The Morgan fingerprint density at radius 1 is 0.933 bits per heavy atom. The van der Waals surface area contributed by atoms with E-state index in [4.69, 9.17) is 18.6 Å². The van der Waals surface area contributed by atoms with Crippen molar-refractivity contribution in [2.75, 3.05) is 14.2 Å². The molecule has 0 bridgehead atoms. The van der Waals surface area contributed by atoms with E-state index in [1.807, 2.05) is 48.5 Å². The molecule has 4 aromatic rings. The van der Waals surface area contributed by atoms with E-state index in [-0.39, 0.29) is 12.4 Å². The van der Waals surface area contributed by atoms with E-state index in [2.05, 4.69) is 4.98 Å². The SMILES string of the molecule is COc1ccc(CCC(=O)Oc2ccc3nc(-c4ccccc4)oc3c2)cc1OC. The molecule has 0 atom stereocenters. The Kier molecular flexibility index (Phi) is 5.66. The van der Waals surface area contributed by atoms with Crippen molar-refractivity contribution >= 4 is 17.1 Å². The fourth-order valence-electron chi connectivity index (χ4n) is 3.14. The van der Waals surface area contributed by atoms with Crippen LogP contribution >= 0.6 is 0 Å². The number of methoxy groups -OCH3 is 2. The number of nitrogens with zero attached hydrogens (tertiary/aromatic N) is 1. The van der Waals surface area contributed by atoms with Crippen LogP contribution in [0.15, 0.2) is 71.1 Å². The monoisotopic (exact) mass is 403 g/mol. The van der Waals surface area contributed by atoms with Crippen molar-refractivity contribution in [1.29, 1.82) is 0 Å². The molecule has 0 saturated heterocycles. The van der Waals surface area contributed by atoms with Gasteiger partial charge in [-0.1, -0.05) is 24.3 Å². The molecule has 30 heavy (non-hydrogen) atoms. The molecule has 3 aromatic carbocycles. The highest BCUT2D eigenvalue weighted by Crippen LogP contribution is 2.29. The molecule has 0 aliphatic carbocycles. The van der Waals surface area contributed by atoms with Crippen molar-refractivity contribution in [1.82, 2.24) is 4.98 Å². The summed E-state index contributed by atoms with van der Waals surface area (Å²) in [7, 11) is 3.17. The van der Waals surface area contributed by atoms with E-state index in [1.54, 1.807) is 32.4 Å². The minimum Gasteiger partial charge on any atom is -0.493 e. The fourth-order valence-corrected chi connectivity index (χ4v) is 3.14. The van der Waals surface area contributed by atoms with Gasteiger partial charge in [0.1, 0.15) is 11.3 Å². The summed E-state index contributed by atoms with van der Waals surface area (Å²) in [5, 5.41) is 0. The zero-order valence-corrected chi connectivity index (χ0v) is 16.8. The van der Waals surface area contributed by atoms with Crippen LogP contribution in [0.5, 0.6) is 17.2 Å². The first-order chi connectivity index (χ1) is 14.7. The molecule has 0 aliphatic rings. The van der Waals surface area contributed by atoms with Crippen molar-refractivity contribution in [2.45, 2.75) is 12.8 Å². The second kappa shape index (κ2) is 8.69. The number of carbonyl (C=O) groups is 1. The molecule has 4 rings (SSSR count). The Hall–Kier alpha value is -3.80. The van der Waals surface area contributed by atoms with Gasteiger partial charge in [0, 0.05) is 18.1 Å². The Balaban J connectivity index is 1.42. The predicted octanol–water partition coefficient (Wildman–Crippen LogP) is 5.05. The third-order valence-electron chi connectivity index (χ3n) is 4.68. The molecule has 6 heteroatoms. The van der Waals surface area contributed by atoms with E-state index < -0.39 is 0 Å². The highest BCUT2D eigenvalue weighted by Gasteiger charge is 2.12. The topological polar surface area (TPSA) is 70.8 Å². The second-order valence-corrected chi connectivity index (χ2v) is 6.68. The lowest BCUT2D eigenvalue weighted by Gasteiger charge is -2.09. The van der Waals surface area contributed by atoms with Crippen molar-refractivity contribution in [2.24, 2.45) is 0 Å². The minimum absolute atomic E-state index is 0.235. The van der Waals surface area contributed by atoms with Crippen LogP contribution < -0.4 is 14.2 Å². The number of hydrogen-bond donors (Lipinski definition) is 0. The van der Waals surface area contributed by atoms with Gasteiger partial charge in [-0.25, -0.2) is 4.98 Å². The van der Waals surface area contributed by atoms with E-state index >= 15 is 0 Å². The molecule has 0 radical (unpaired) electrons. The smallest absolute Gasteiger partial charge is 0.311 e.